The van der Waals surface area contributed by atoms with Crippen molar-refractivity contribution in [3.05, 3.63) is 0 Å². The summed E-state index contributed by atoms with van der Waals surface area (Å²) in [6.07, 6.45) is 0. The summed E-state index contributed by atoms with van der Waals surface area (Å²) in [6, 6.07) is 0.309. The predicted octanol–water partition coefficient (Wildman–Crippen LogP) is 1.08. The van der Waals surface area contributed by atoms with E-state index >= 15 is 0 Å². The van der Waals surface area contributed by atoms with Crippen molar-refractivity contribution in [2.75, 3.05) is 19.6 Å². The van der Waals surface area contributed by atoms with Gasteiger partial charge >= 0.3 is 0 Å². The van der Waals surface area contributed by atoms with Gasteiger partial charge in [-0.1, -0.05) is 13.8 Å². The summed E-state index contributed by atoms with van der Waals surface area (Å²) in [5.74, 6) is 0.0414. The molecule has 5 nitrogen and oxygen atoms in total. The van der Waals surface area contributed by atoms with Crippen molar-refractivity contribution in [2.45, 2.75) is 53.6 Å². The van der Waals surface area contributed by atoms with Crippen molar-refractivity contribution in [2.24, 2.45) is 11.7 Å². The molecular formula is C14H29N3O2. The van der Waals surface area contributed by atoms with Gasteiger partial charge < -0.3 is 10.6 Å². The van der Waals surface area contributed by atoms with E-state index in [9.17, 15) is 9.59 Å². The molecule has 0 atom stereocenters. The van der Waals surface area contributed by atoms with E-state index in [4.69, 9.17) is 5.73 Å². The lowest BCUT2D eigenvalue weighted by molar-refractivity contribution is -0.136. The highest BCUT2D eigenvalue weighted by molar-refractivity contribution is 5.80. The first-order chi connectivity index (χ1) is 8.65. The minimum atomic E-state index is -0.394. The van der Waals surface area contributed by atoms with Crippen LogP contribution in [0.1, 0.15) is 41.5 Å². The van der Waals surface area contributed by atoms with Crippen LogP contribution in [0.3, 0.4) is 0 Å². The van der Waals surface area contributed by atoms with E-state index < -0.39 is 5.91 Å². The molecule has 112 valence electrons. The van der Waals surface area contributed by atoms with E-state index in [1.807, 2.05) is 37.5 Å². The van der Waals surface area contributed by atoms with E-state index in [1.54, 1.807) is 0 Å². The molecule has 0 aromatic carbocycles. The van der Waals surface area contributed by atoms with Gasteiger partial charge in [-0.15, -0.1) is 0 Å². The number of nitrogens with two attached hydrogens (primary N) is 1. The minimum Gasteiger partial charge on any atom is -0.369 e. The van der Waals surface area contributed by atoms with E-state index in [1.165, 1.54) is 0 Å². The first kappa shape index (κ1) is 17.9. The second kappa shape index (κ2) is 8.15. The number of primary amides is 1. The molecule has 0 saturated carbocycles. The van der Waals surface area contributed by atoms with Crippen molar-refractivity contribution >= 4 is 11.8 Å². The lowest BCUT2D eigenvalue weighted by Gasteiger charge is -2.33. The molecule has 0 aromatic heterocycles. The molecule has 0 saturated heterocycles. The van der Waals surface area contributed by atoms with E-state index in [0.29, 0.717) is 12.5 Å². The first-order valence-corrected chi connectivity index (χ1v) is 6.97. The van der Waals surface area contributed by atoms with Crippen LogP contribution in [0.2, 0.25) is 0 Å². The van der Waals surface area contributed by atoms with Gasteiger partial charge in [0, 0.05) is 18.6 Å². The maximum absolute atomic E-state index is 12.3. The van der Waals surface area contributed by atoms with Gasteiger partial charge in [-0.25, -0.2) is 0 Å². The van der Waals surface area contributed by atoms with Crippen LogP contribution in [-0.4, -0.2) is 53.3 Å². The third-order valence-electron chi connectivity index (χ3n) is 2.76. The molecule has 0 bridgehead atoms. The van der Waals surface area contributed by atoms with Gasteiger partial charge in [0.15, 0.2) is 0 Å². The molecule has 0 spiro atoms. The van der Waals surface area contributed by atoms with Crippen LogP contribution in [0.15, 0.2) is 0 Å². The summed E-state index contributed by atoms with van der Waals surface area (Å²) in [6.45, 7) is 13.2. The number of amides is 2. The Bertz CT molecular complexity index is 293. The fraction of sp³-hybridized carbons (Fsp3) is 0.857. The molecule has 0 aliphatic heterocycles. The van der Waals surface area contributed by atoms with E-state index in [2.05, 4.69) is 13.8 Å². The fourth-order valence-electron chi connectivity index (χ4n) is 2.37. The zero-order chi connectivity index (χ0) is 15.2. The van der Waals surface area contributed by atoms with Crippen LogP contribution in [0.4, 0.5) is 0 Å². The molecule has 0 aromatic rings. The lowest BCUT2D eigenvalue weighted by atomic mass is 10.2. The lowest BCUT2D eigenvalue weighted by Crippen LogP contribution is -2.49. The Morgan fingerprint density at radius 3 is 1.74 bits per heavy atom. The van der Waals surface area contributed by atoms with Crippen LogP contribution in [-0.2, 0) is 9.59 Å². The summed E-state index contributed by atoms with van der Waals surface area (Å²) in [7, 11) is 0. The standard InChI is InChI=1S/C14H29N3O2/c1-10(2)7-16(8-13(15)18)9-14(19)17(11(3)4)12(5)6/h10-12H,7-9H2,1-6H3,(H2,15,18). The Morgan fingerprint density at radius 1 is 0.947 bits per heavy atom. The zero-order valence-corrected chi connectivity index (χ0v) is 13.1. The molecule has 19 heavy (non-hydrogen) atoms. The monoisotopic (exact) mass is 271 g/mol. The third-order valence-corrected chi connectivity index (χ3v) is 2.76. The maximum atomic E-state index is 12.3. The van der Waals surface area contributed by atoms with Gasteiger partial charge in [0.05, 0.1) is 13.1 Å². The highest BCUT2D eigenvalue weighted by Crippen LogP contribution is 2.07. The van der Waals surface area contributed by atoms with Gasteiger partial charge in [0.1, 0.15) is 0 Å². The highest BCUT2D eigenvalue weighted by atomic mass is 16.2. The molecule has 0 fully saturated rings. The Balaban J connectivity index is 4.71. The average Bonchev–Trinajstić information content (AvgIpc) is 2.12. The molecule has 5 heteroatoms. The Hall–Kier alpha value is -1.10. The highest BCUT2D eigenvalue weighted by Gasteiger charge is 2.23. The zero-order valence-electron chi connectivity index (χ0n) is 13.1. The quantitative estimate of drug-likeness (QED) is 0.718. The third kappa shape index (κ3) is 7.15. The molecule has 0 unspecified atom stereocenters. The van der Waals surface area contributed by atoms with Crippen LogP contribution in [0, 0.1) is 5.92 Å². The SMILES string of the molecule is CC(C)CN(CC(N)=O)CC(=O)N(C(C)C)C(C)C. The van der Waals surface area contributed by atoms with Crippen molar-refractivity contribution in [1.82, 2.24) is 9.80 Å². The van der Waals surface area contributed by atoms with Gasteiger partial charge in [0.2, 0.25) is 11.8 Å². The largest absolute Gasteiger partial charge is 0.369 e. The molecule has 2 N–H and O–H groups in total. The molecule has 0 aliphatic carbocycles. The van der Waals surface area contributed by atoms with Gasteiger partial charge in [0.25, 0.3) is 0 Å². The van der Waals surface area contributed by atoms with Crippen molar-refractivity contribution in [3.8, 4) is 0 Å². The molecule has 0 aliphatic rings. The summed E-state index contributed by atoms with van der Waals surface area (Å²) in [4.78, 5) is 27.1. The van der Waals surface area contributed by atoms with Crippen molar-refractivity contribution in [3.63, 3.8) is 0 Å². The summed E-state index contributed by atoms with van der Waals surface area (Å²) in [5.41, 5.74) is 5.23. The number of rotatable bonds is 8. The molecule has 0 heterocycles. The molecule has 0 rings (SSSR count). The van der Waals surface area contributed by atoms with Crippen molar-refractivity contribution < 1.29 is 9.59 Å². The second-order valence-electron chi connectivity index (χ2n) is 6.02. The summed E-state index contributed by atoms with van der Waals surface area (Å²) in [5, 5.41) is 0. The van der Waals surface area contributed by atoms with Crippen molar-refractivity contribution in [1.29, 1.82) is 0 Å². The van der Waals surface area contributed by atoms with Crippen LogP contribution < -0.4 is 5.73 Å². The Kier molecular flexibility index (Phi) is 7.68. The summed E-state index contributed by atoms with van der Waals surface area (Å²) < 4.78 is 0. The number of nitrogens with zero attached hydrogens (tertiary/aromatic N) is 2. The smallest absolute Gasteiger partial charge is 0.237 e. The van der Waals surface area contributed by atoms with Gasteiger partial charge in [-0.3, -0.25) is 14.5 Å². The van der Waals surface area contributed by atoms with E-state index in [-0.39, 0.29) is 31.1 Å². The molecule has 0 radical (unpaired) electrons. The minimum absolute atomic E-state index is 0.0481. The number of hydrogen-bond donors (Lipinski definition) is 1. The van der Waals surface area contributed by atoms with Gasteiger partial charge in [-0.05, 0) is 33.6 Å². The second-order valence-corrected chi connectivity index (χ2v) is 6.02. The van der Waals surface area contributed by atoms with Gasteiger partial charge in [-0.2, -0.15) is 0 Å². The number of carbonyl (C=O) groups is 2. The average molecular weight is 271 g/mol. The normalized spacial score (nSPS) is 11.7. The number of carbonyl (C=O) groups excluding carboxylic acids is 2. The molecule has 2 amide bonds. The number of hydrogen-bond acceptors (Lipinski definition) is 3. The topological polar surface area (TPSA) is 66.6 Å². The fourth-order valence-corrected chi connectivity index (χ4v) is 2.37. The van der Waals surface area contributed by atoms with Crippen LogP contribution >= 0.6 is 0 Å². The van der Waals surface area contributed by atoms with E-state index in [0.717, 1.165) is 0 Å². The predicted molar refractivity (Wildman–Crippen MR) is 77.6 cm³/mol. The maximum Gasteiger partial charge on any atom is 0.237 e. The Labute approximate surface area is 117 Å². The van der Waals surface area contributed by atoms with Crippen LogP contribution in [0.25, 0.3) is 0 Å². The molecular weight excluding hydrogens is 242 g/mol. The summed E-state index contributed by atoms with van der Waals surface area (Å²) >= 11 is 0. The Morgan fingerprint density at radius 2 is 1.42 bits per heavy atom. The first-order valence-electron chi connectivity index (χ1n) is 6.97. The van der Waals surface area contributed by atoms with Crippen LogP contribution in [0.5, 0.6) is 0 Å².